The topological polar surface area (TPSA) is 87.7 Å². The van der Waals surface area contributed by atoms with Crippen molar-refractivity contribution < 1.29 is 27.8 Å². The van der Waals surface area contributed by atoms with Crippen LogP contribution in [0, 0.1) is 5.92 Å². The number of hydrogen-bond acceptors (Lipinski definition) is 5. The Labute approximate surface area is 121 Å². The molecule has 0 heterocycles. The van der Waals surface area contributed by atoms with Crippen LogP contribution in [0.15, 0.2) is 0 Å². The molecule has 0 saturated heterocycles. The number of nitrogens with zero attached hydrogens (tertiary/aromatic N) is 1. The van der Waals surface area contributed by atoms with Crippen LogP contribution in [0.3, 0.4) is 0 Å². The highest BCUT2D eigenvalue weighted by Gasteiger charge is 2.14. The maximum absolute atomic E-state index is 11.4. The second-order valence-corrected chi connectivity index (χ2v) is 7.14. The molecule has 20 heavy (non-hydrogen) atoms. The number of rotatable bonds is 10. The molecule has 0 saturated carbocycles. The van der Waals surface area contributed by atoms with E-state index in [4.69, 9.17) is 4.52 Å². The summed E-state index contributed by atoms with van der Waals surface area (Å²) in [7, 11) is 1.52. The van der Waals surface area contributed by atoms with Gasteiger partial charge in [-0.15, -0.1) is 0 Å². The molecule has 1 N–H and O–H groups in total. The molecule has 7 nitrogen and oxygen atoms in total. The maximum atomic E-state index is 11.4. The summed E-state index contributed by atoms with van der Waals surface area (Å²) in [6.45, 7) is 4.38. The van der Waals surface area contributed by atoms with Crippen LogP contribution >= 0.6 is 7.82 Å². The number of amides is 1. The molecule has 0 aromatic rings. The number of nitrogens with one attached hydrogen (secondary N) is 1. The second kappa shape index (κ2) is 8.74. The fourth-order valence-electron chi connectivity index (χ4n) is 1.16. The van der Waals surface area contributed by atoms with E-state index in [9.17, 15) is 14.3 Å². The fraction of sp³-hybridized carbons (Fsp3) is 0.917. The molecule has 0 rings (SSSR count). The third-order valence-corrected chi connectivity index (χ3v) is 3.72. The first-order chi connectivity index (χ1) is 9.07. The van der Waals surface area contributed by atoms with E-state index in [1.807, 2.05) is 35.0 Å². The van der Waals surface area contributed by atoms with Crippen LogP contribution in [0.2, 0.25) is 0 Å². The molecule has 120 valence electrons. The minimum absolute atomic E-state index is 0.0729. The first-order valence-corrected chi connectivity index (χ1v) is 8.22. The van der Waals surface area contributed by atoms with Crippen LogP contribution in [0.4, 0.5) is 0 Å². The van der Waals surface area contributed by atoms with E-state index in [1.54, 1.807) is 0 Å². The first-order valence-electron chi connectivity index (χ1n) is 6.75. The smallest absolute Gasteiger partial charge is 0.268 e. The maximum Gasteiger partial charge on any atom is 0.268 e. The Morgan fingerprint density at radius 1 is 1.30 bits per heavy atom. The van der Waals surface area contributed by atoms with Crippen molar-refractivity contribution in [2.45, 2.75) is 20.3 Å². The van der Waals surface area contributed by atoms with E-state index in [-0.39, 0.29) is 31.6 Å². The van der Waals surface area contributed by atoms with E-state index >= 15 is 0 Å². The summed E-state index contributed by atoms with van der Waals surface area (Å²) in [5.41, 5.74) is 0. The number of carbonyl (C=O) groups is 1. The van der Waals surface area contributed by atoms with Gasteiger partial charge in [0.25, 0.3) is 7.82 Å². The number of quaternary nitrogens is 1. The summed E-state index contributed by atoms with van der Waals surface area (Å²) in [5, 5.41) is 2.60. The third-order valence-electron chi connectivity index (χ3n) is 2.72. The van der Waals surface area contributed by atoms with Crippen molar-refractivity contribution in [3.63, 3.8) is 0 Å². The molecular formula is C12H27N2O5P. The second-order valence-electron chi connectivity index (χ2n) is 5.73. The monoisotopic (exact) mass is 310 g/mol. The zero-order valence-corrected chi connectivity index (χ0v) is 13.9. The van der Waals surface area contributed by atoms with E-state index in [1.165, 1.54) is 0 Å². The van der Waals surface area contributed by atoms with Crippen LogP contribution < -0.4 is 10.2 Å². The molecule has 0 spiro atoms. The van der Waals surface area contributed by atoms with E-state index < -0.39 is 7.82 Å². The van der Waals surface area contributed by atoms with Crippen molar-refractivity contribution in [1.29, 1.82) is 0 Å². The number of phosphoric ester groups is 1. The van der Waals surface area contributed by atoms with Gasteiger partial charge in [0.1, 0.15) is 13.2 Å². The Morgan fingerprint density at radius 2 is 1.85 bits per heavy atom. The predicted octanol–water partition coefficient (Wildman–Crippen LogP) is 0.357. The van der Waals surface area contributed by atoms with Gasteiger partial charge in [-0.2, -0.15) is 0 Å². The van der Waals surface area contributed by atoms with Crippen LogP contribution in [0.5, 0.6) is 0 Å². The average Bonchev–Trinajstić information content (AvgIpc) is 2.31. The Kier molecular flexibility index (Phi) is 8.54. The standard InChI is InChI=1S/C12H27N2O5P/c1-6-11(2)12(15)13-7-9-18-20(16,17)19-10-8-14(3,4)5/h11H,6-10H2,1-5H3,(H-,13,15,16,17). The quantitative estimate of drug-likeness (QED) is 0.357. The molecule has 8 heteroatoms. The van der Waals surface area contributed by atoms with Crippen molar-refractivity contribution in [1.82, 2.24) is 5.32 Å². The molecule has 2 atom stereocenters. The molecule has 0 bridgehead atoms. The number of phosphoric acid groups is 1. The van der Waals surface area contributed by atoms with Crippen molar-refractivity contribution in [2.75, 3.05) is 47.4 Å². The highest BCUT2D eigenvalue weighted by atomic mass is 31.2. The lowest BCUT2D eigenvalue weighted by Gasteiger charge is -2.27. The lowest BCUT2D eigenvalue weighted by atomic mass is 10.1. The van der Waals surface area contributed by atoms with Gasteiger partial charge in [0.05, 0.1) is 27.7 Å². The van der Waals surface area contributed by atoms with Crippen LogP contribution in [-0.4, -0.2) is 57.8 Å². The molecule has 0 aromatic heterocycles. The number of likely N-dealkylation sites (N-methyl/N-ethyl adjacent to an activating group) is 1. The molecule has 1 amide bonds. The van der Waals surface area contributed by atoms with Gasteiger partial charge in [0, 0.05) is 12.5 Å². The summed E-state index contributed by atoms with van der Waals surface area (Å²) in [6.07, 6.45) is 0.737. The third kappa shape index (κ3) is 10.3. The Bertz CT molecular complexity index is 343. The van der Waals surface area contributed by atoms with Gasteiger partial charge in [-0.25, -0.2) is 0 Å². The summed E-state index contributed by atoms with van der Waals surface area (Å²) in [4.78, 5) is 22.8. The van der Waals surface area contributed by atoms with Crippen molar-refractivity contribution in [3.05, 3.63) is 0 Å². The van der Waals surface area contributed by atoms with Crippen molar-refractivity contribution in [3.8, 4) is 0 Å². The summed E-state index contributed by atoms with van der Waals surface area (Å²) >= 11 is 0. The SMILES string of the molecule is CCC(C)C(=O)NCCOP(=O)([O-])OCC[N+](C)(C)C. The number of hydrogen-bond donors (Lipinski definition) is 1. The van der Waals surface area contributed by atoms with Crippen molar-refractivity contribution >= 4 is 13.7 Å². The Morgan fingerprint density at radius 3 is 2.35 bits per heavy atom. The molecule has 0 radical (unpaired) electrons. The Balaban J connectivity index is 3.83. The van der Waals surface area contributed by atoms with Gasteiger partial charge in [0.2, 0.25) is 5.91 Å². The Hall–Kier alpha value is -0.460. The lowest BCUT2D eigenvalue weighted by molar-refractivity contribution is -0.870. The fourth-order valence-corrected chi connectivity index (χ4v) is 1.85. The van der Waals surface area contributed by atoms with Gasteiger partial charge in [-0.1, -0.05) is 13.8 Å². The van der Waals surface area contributed by atoms with Gasteiger partial charge in [0.15, 0.2) is 0 Å². The van der Waals surface area contributed by atoms with Gasteiger partial charge < -0.3 is 23.7 Å². The summed E-state index contributed by atoms with van der Waals surface area (Å²) in [6, 6.07) is 0. The van der Waals surface area contributed by atoms with Crippen LogP contribution in [0.25, 0.3) is 0 Å². The van der Waals surface area contributed by atoms with E-state index in [2.05, 4.69) is 9.84 Å². The van der Waals surface area contributed by atoms with E-state index in [0.29, 0.717) is 11.0 Å². The van der Waals surface area contributed by atoms with Gasteiger partial charge in [-0.05, 0) is 6.42 Å². The highest BCUT2D eigenvalue weighted by molar-refractivity contribution is 7.45. The lowest BCUT2D eigenvalue weighted by Crippen LogP contribution is -2.37. The molecule has 0 aromatic carbocycles. The normalized spacial score (nSPS) is 16.5. The summed E-state index contributed by atoms with van der Waals surface area (Å²) < 4.78 is 21.4. The minimum atomic E-state index is -4.28. The first kappa shape index (κ1) is 19.5. The van der Waals surface area contributed by atoms with Crippen molar-refractivity contribution in [2.24, 2.45) is 5.92 Å². The summed E-state index contributed by atoms with van der Waals surface area (Å²) in [5.74, 6) is -0.197. The van der Waals surface area contributed by atoms with E-state index in [0.717, 1.165) is 6.42 Å². The van der Waals surface area contributed by atoms with Gasteiger partial charge in [-0.3, -0.25) is 9.36 Å². The van der Waals surface area contributed by atoms with Crippen LogP contribution in [-0.2, 0) is 18.4 Å². The largest absolute Gasteiger partial charge is 0.756 e. The minimum Gasteiger partial charge on any atom is -0.756 e. The molecule has 0 aliphatic carbocycles. The molecule has 0 fully saturated rings. The zero-order valence-electron chi connectivity index (χ0n) is 13.0. The molecule has 0 aliphatic rings. The number of carbonyl (C=O) groups excluding carboxylic acids is 1. The molecule has 0 aliphatic heterocycles. The molecule has 2 unspecified atom stereocenters. The predicted molar refractivity (Wildman–Crippen MR) is 74.9 cm³/mol. The molecular weight excluding hydrogens is 283 g/mol. The zero-order chi connectivity index (χ0) is 15.8. The highest BCUT2D eigenvalue weighted by Crippen LogP contribution is 2.37. The average molecular weight is 310 g/mol. The van der Waals surface area contributed by atoms with Crippen LogP contribution in [0.1, 0.15) is 20.3 Å². The van der Waals surface area contributed by atoms with Gasteiger partial charge >= 0.3 is 0 Å².